The van der Waals surface area contributed by atoms with Crippen molar-refractivity contribution in [2.45, 2.75) is 68.0 Å². The van der Waals surface area contributed by atoms with E-state index in [9.17, 15) is 19.5 Å². The monoisotopic (exact) mass is 653 g/mol. The van der Waals surface area contributed by atoms with Crippen LogP contribution in [0.5, 0.6) is 5.88 Å². The molecule has 0 aliphatic carbocycles. The highest BCUT2D eigenvalue weighted by atomic mass is 35.5. The van der Waals surface area contributed by atoms with E-state index in [-0.39, 0.29) is 33.9 Å². The van der Waals surface area contributed by atoms with Crippen molar-refractivity contribution >= 4 is 52.5 Å². The lowest BCUT2D eigenvalue weighted by atomic mass is 9.68. The highest BCUT2D eigenvalue weighted by Crippen LogP contribution is 2.42. The van der Waals surface area contributed by atoms with Gasteiger partial charge in [-0.2, -0.15) is 4.98 Å². The fourth-order valence-electron chi connectivity index (χ4n) is 6.50. The van der Waals surface area contributed by atoms with E-state index < -0.39 is 22.9 Å². The number of carbonyl (C=O) groups excluding carboxylic acids is 2. The van der Waals surface area contributed by atoms with Gasteiger partial charge < -0.3 is 31.7 Å². The predicted octanol–water partition coefficient (Wildman–Crippen LogP) is 2.88. The van der Waals surface area contributed by atoms with Crippen LogP contribution >= 0.6 is 23.4 Å². The molecule has 0 bridgehead atoms. The lowest BCUT2D eigenvalue weighted by Gasteiger charge is -2.50. The second kappa shape index (κ2) is 12.5. The Labute approximate surface area is 269 Å². The van der Waals surface area contributed by atoms with E-state index in [1.807, 2.05) is 4.90 Å². The van der Waals surface area contributed by atoms with Crippen LogP contribution in [0, 0.1) is 5.41 Å². The van der Waals surface area contributed by atoms with Crippen LogP contribution in [0.3, 0.4) is 0 Å². The highest BCUT2D eigenvalue weighted by molar-refractivity contribution is 7.99. The van der Waals surface area contributed by atoms with Crippen LogP contribution < -0.4 is 27.2 Å². The van der Waals surface area contributed by atoms with E-state index in [4.69, 9.17) is 23.1 Å². The molecule has 238 valence electrons. The summed E-state index contributed by atoms with van der Waals surface area (Å²) in [5.74, 6) is 0.0689. The Morgan fingerprint density at radius 1 is 1.13 bits per heavy atom. The molecule has 1 atom stereocenters. The summed E-state index contributed by atoms with van der Waals surface area (Å²) in [6, 6.07) is 5.01. The van der Waals surface area contributed by atoms with Crippen LogP contribution in [-0.2, 0) is 17.8 Å². The molecule has 1 unspecified atom stereocenters. The molecular formula is C30H36ClN9O4S. The summed E-state index contributed by atoms with van der Waals surface area (Å²) in [6.45, 7) is 4.90. The van der Waals surface area contributed by atoms with Crippen molar-refractivity contribution in [3.8, 4) is 5.88 Å². The fourth-order valence-corrected chi connectivity index (χ4v) is 7.60. The van der Waals surface area contributed by atoms with Crippen LogP contribution in [0.4, 0.5) is 17.3 Å². The molecule has 15 heteroatoms. The Morgan fingerprint density at radius 2 is 1.89 bits per heavy atom. The third-order valence-corrected chi connectivity index (χ3v) is 10.9. The van der Waals surface area contributed by atoms with Crippen LogP contribution in [0.25, 0.3) is 0 Å². The zero-order chi connectivity index (χ0) is 31.9. The largest absolute Gasteiger partial charge is 0.493 e. The molecule has 2 amide bonds. The SMILES string of the molecule is CC(=O)N1CCC2(CCN(c3cnc(Sc4cccc(NC(=O)c5c(O)nc6n(c5=O)CCCC6)c4Cl)c(N)n3)CC2)C(N)C1. The van der Waals surface area contributed by atoms with Gasteiger partial charge in [-0.25, -0.2) is 9.97 Å². The van der Waals surface area contributed by atoms with Gasteiger partial charge in [-0.1, -0.05) is 29.4 Å². The average Bonchev–Trinajstić information content (AvgIpc) is 3.02. The van der Waals surface area contributed by atoms with Crippen LogP contribution in [0.2, 0.25) is 5.02 Å². The van der Waals surface area contributed by atoms with Crippen molar-refractivity contribution in [2.24, 2.45) is 11.1 Å². The maximum Gasteiger partial charge on any atom is 0.270 e. The third kappa shape index (κ3) is 6.06. The zero-order valence-electron chi connectivity index (χ0n) is 25.0. The minimum absolute atomic E-state index is 0.0116. The van der Waals surface area contributed by atoms with Gasteiger partial charge in [0.15, 0.2) is 11.4 Å². The van der Waals surface area contributed by atoms with Crippen molar-refractivity contribution < 1.29 is 14.7 Å². The number of aromatic hydroxyl groups is 1. The lowest BCUT2D eigenvalue weighted by molar-refractivity contribution is -0.132. The molecule has 1 spiro atoms. The lowest BCUT2D eigenvalue weighted by Crippen LogP contribution is -2.59. The fraction of sp³-hybridized carbons (Fsp3) is 0.467. The maximum atomic E-state index is 13.1. The summed E-state index contributed by atoms with van der Waals surface area (Å²) >= 11 is 7.88. The topological polar surface area (TPSA) is 186 Å². The Bertz CT molecular complexity index is 1710. The van der Waals surface area contributed by atoms with E-state index in [0.29, 0.717) is 41.1 Å². The predicted molar refractivity (Wildman–Crippen MR) is 172 cm³/mol. The average molecular weight is 654 g/mol. The molecule has 5 heterocycles. The van der Waals surface area contributed by atoms with Crippen molar-refractivity contribution in [1.29, 1.82) is 0 Å². The molecular weight excluding hydrogens is 618 g/mol. The quantitative estimate of drug-likeness (QED) is 0.317. The molecule has 6 rings (SSSR count). The van der Waals surface area contributed by atoms with E-state index in [1.165, 1.54) is 16.3 Å². The van der Waals surface area contributed by atoms with Gasteiger partial charge in [0.2, 0.25) is 11.8 Å². The Balaban J connectivity index is 1.13. The van der Waals surface area contributed by atoms with E-state index in [2.05, 4.69) is 25.2 Å². The first-order valence-corrected chi connectivity index (χ1v) is 16.2. The summed E-state index contributed by atoms with van der Waals surface area (Å²) in [4.78, 5) is 55.7. The van der Waals surface area contributed by atoms with Crippen molar-refractivity contribution in [3.05, 3.63) is 51.2 Å². The molecule has 13 nitrogen and oxygen atoms in total. The van der Waals surface area contributed by atoms with E-state index in [1.54, 1.807) is 31.3 Å². The molecule has 0 radical (unpaired) electrons. The number of nitrogens with zero attached hydrogens (tertiary/aromatic N) is 6. The van der Waals surface area contributed by atoms with Crippen molar-refractivity contribution in [2.75, 3.05) is 42.1 Å². The number of nitrogens with two attached hydrogens (primary N) is 2. The Morgan fingerprint density at radius 3 is 2.60 bits per heavy atom. The van der Waals surface area contributed by atoms with Gasteiger partial charge >= 0.3 is 0 Å². The molecule has 1 aromatic carbocycles. The van der Waals surface area contributed by atoms with Gasteiger partial charge in [-0.05, 0) is 49.7 Å². The number of nitrogens with one attached hydrogen (secondary N) is 1. The number of nitrogen functional groups attached to an aromatic ring is 1. The number of anilines is 3. The van der Waals surface area contributed by atoms with E-state index in [0.717, 1.165) is 51.7 Å². The van der Waals surface area contributed by atoms with Gasteiger partial charge in [0.25, 0.3) is 11.5 Å². The van der Waals surface area contributed by atoms with Crippen molar-refractivity contribution in [1.82, 2.24) is 24.4 Å². The minimum atomic E-state index is -0.799. The Kier molecular flexibility index (Phi) is 8.63. The number of benzene rings is 1. The molecule has 3 aliphatic rings. The number of piperidine rings is 2. The number of aryl methyl sites for hydroxylation is 1. The van der Waals surface area contributed by atoms with Crippen LogP contribution in [0.15, 0.2) is 39.1 Å². The molecule has 2 aromatic heterocycles. The molecule has 0 saturated carbocycles. The Hall–Kier alpha value is -3.88. The maximum absolute atomic E-state index is 13.1. The second-order valence-corrected chi connectivity index (χ2v) is 13.3. The number of amides is 2. The van der Waals surface area contributed by atoms with Gasteiger partial charge in [-0.15, -0.1) is 0 Å². The number of halogens is 1. The number of aromatic nitrogens is 4. The summed E-state index contributed by atoms with van der Waals surface area (Å²) in [6.07, 6.45) is 6.62. The summed E-state index contributed by atoms with van der Waals surface area (Å²) < 4.78 is 1.44. The number of hydrogen-bond acceptors (Lipinski definition) is 11. The number of hydrogen-bond donors (Lipinski definition) is 4. The standard InChI is InChI=1S/C30H36ClN9O4S/c1-17(41)39-14-10-30(20(32)16-39)8-12-38(13-9-30)22-15-34-28(25(33)36-22)45-19-6-4-5-18(24(19)31)35-26(42)23-27(43)37-21-7-2-3-11-40(21)29(23)44/h4-6,15,20,43H,2-3,7-14,16,32H2,1H3,(H2,33,36)(H,35,42). The number of likely N-dealkylation sites (tertiary alicyclic amines) is 1. The molecule has 3 aliphatic heterocycles. The summed E-state index contributed by atoms with van der Waals surface area (Å²) in [5, 5.41) is 13.7. The normalized spacial score (nSPS) is 19.3. The molecule has 2 saturated heterocycles. The smallest absolute Gasteiger partial charge is 0.270 e. The second-order valence-electron chi connectivity index (χ2n) is 11.9. The zero-order valence-corrected chi connectivity index (χ0v) is 26.5. The van der Waals surface area contributed by atoms with E-state index >= 15 is 0 Å². The van der Waals surface area contributed by atoms with Gasteiger partial charge in [0.1, 0.15) is 16.7 Å². The third-order valence-electron chi connectivity index (χ3n) is 9.27. The number of fused-ring (bicyclic) bond motifs is 1. The van der Waals surface area contributed by atoms with Gasteiger partial charge in [-0.3, -0.25) is 19.0 Å². The molecule has 45 heavy (non-hydrogen) atoms. The highest BCUT2D eigenvalue weighted by Gasteiger charge is 2.44. The minimum Gasteiger partial charge on any atom is -0.493 e. The number of carbonyl (C=O) groups is 2. The van der Waals surface area contributed by atoms with Gasteiger partial charge in [0, 0.05) is 57.0 Å². The van der Waals surface area contributed by atoms with Crippen LogP contribution in [0.1, 0.15) is 55.2 Å². The molecule has 6 N–H and O–H groups in total. The first kappa shape index (κ1) is 31.1. The first-order chi connectivity index (χ1) is 21.6. The summed E-state index contributed by atoms with van der Waals surface area (Å²) in [7, 11) is 0. The summed E-state index contributed by atoms with van der Waals surface area (Å²) in [5.41, 5.74) is 12.2. The molecule has 3 aromatic rings. The number of rotatable bonds is 5. The molecule has 2 fully saturated rings. The van der Waals surface area contributed by atoms with Crippen LogP contribution in [-0.4, -0.2) is 73.6 Å². The van der Waals surface area contributed by atoms with Gasteiger partial charge in [0.05, 0.1) is 16.9 Å². The van der Waals surface area contributed by atoms with Crippen molar-refractivity contribution in [3.63, 3.8) is 0 Å². The first-order valence-electron chi connectivity index (χ1n) is 15.1.